The minimum absolute atomic E-state index is 0.0662. The molecule has 1 rings (SSSR count). The summed E-state index contributed by atoms with van der Waals surface area (Å²) in [6.07, 6.45) is 7.21. The van der Waals surface area contributed by atoms with Crippen LogP contribution in [0.3, 0.4) is 0 Å². The Balaban J connectivity index is 2.29. The van der Waals surface area contributed by atoms with Crippen molar-refractivity contribution in [1.29, 1.82) is 0 Å². The summed E-state index contributed by atoms with van der Waals surface area (Å²) >= 11 is 0. The van der Waals surface area contributed by atoms with Gasteiger partial charge in [0.15, 0.2) is 0 Å². The maximum atomic E-state index is 12.0. The molecule has 0 bridgehead atoms. The van der Waals surface area contributed by atoms with Crippen molar-refractivity contribution in [3.05, 3.63) is 0 Å². The molecule has 0 spiro atoms. The Kier molecular flexibility index (Phi) is 8.79. The smallest absolute Gasteiger partial charge is 0.234 e. The fraction of sp³-hybridized carbons (Fsp3) is 0.929. The van der Waals surface area contributed by atoms with Crippen LogP contribution in [0.4, 0.5) is 0 Å². The number of hydrogen-bond donors (Lipinski definition) is 2. The van der Waals surface area contributed by atoms with Crippen LogP contribution in [-0.2, 0) is 9.53 Å². The minimum atomic E-state index is 0.0662. The summed E-state index contributed by atoms with van der Waals surface area (Å²) in [6.45, 7) is 2.19. The molecule has 0 aromatic heterocycles. The summed E-state index contributed by atoms with van der Waals surface area (Å²) in [5.41, 5.74) is 0. The number of aliphatic hydroxyl groups excluding tert-OH is 1. The van der Waals surface area contributed by atoms with Gasteiger partial charge < -0.3 is 15.2 Å². The molecule has 2 N–H and O–H groups in total. The van der Waals surface area contributed by atoms with E-state index in [9.17, 15) is 4.79 Å². The second-order valence-electron chi connectivity index (χ2n) is 5.25. The van der Waals surface area contributed by atoms with Crippen LogP contribution in [-0.4, -0.2) is 61.9 Å². The molecule has 1 saturated carbocycles. The monoisotopic (exact) mass is 272 g/mol. The Hall–Kier alpha value is -0.650. The third-order valence-corrected chi connectivity index (χ3v) is 3.62. The molecule has 0 aromatic rings. The summed E-state index contributed by atoms with van der Waals surface area (Å²) in [7, 11) is 1.64. The van der Waals surface area contributed by atoms with Gasteiger partial charge in [-0.2, -0.15) is 0 Å². The van der Waals surface area contributed by atoms with Gasteiger partial charge in [0.25, 0.3) is 0 Å². The average Bonchev–Trinajstić information content (AvgIpc) is 2.64. The van der Waals surface area contributed by atoms with Crippen LogP contribution in [0.25, 0.3) is 0 Å². The first kappa shape index (κ1) is 16.4. The molecule has 19 heavy (non-hydrogen) atoms. The number of carbonyl (C=O) groups excluding carboxylic acids is 1. The maximum Gasteiger partial charge on any atom is 0.234 e. The molecule has 1 fully saturated rings. The van der Waals surface area contributed by atoms with E-state index in [1.807, 2.05) is 4.90 Å². The molecular formula is C14H28N2O3. The van der Waals surface area contributed by atoms with Crippen LogP contribution in [0.15, 0.2) is 0 Å². The summed E-state index contributed by atoms with van der Waals surface area (Å²) < 4.78 is 5.01. The van der Waals surface area contributed by atoms with Crippen molar-refractivity contribution in [3.63, 3.8) is 0 Å². The summed E-state index contributed by atoms with van der Waals surface area (Å²) in [5.74, 6) is 0.0662. The summed E-state index contributed by atoms with van der Waals surface area (Å²) in [5, 5.41) is 12.1. The topological polar surface area (TPSA) is 61.8 Å². The molecule has 5 heteroatoms. The van der Waals surface area contributed by atoms with Crippen molar-refractivity contribution < 1.29 is 14.6 Å². The first-order valence-corrected chi connectivity index (χ1v) is 7.37. The lowest BCUT2D eigenvalue weighted by atomic mass is 10.1. The lowest BCUT2D eigenvalue weighted by molar-refractivity contribution is -0.123. The molecule has 0 atom stereocenters. The molecule has 0 aliphatic heterocycles. The standard InChI is InChI=1S/C14H28N2O3/c1-19-11-9-16(8-10-17)12-14(18)15-13-6-4-2-3-5-7-13/h13,17H,2-12H2,1H3,(H,15,18). The maximum absolute atomic E-state index is 12.0. The Morgan fingerprint density at radius 3 is 2.53 bits per heavy atom. The second-order valence-corrected chi connectivity index (χ2v) is 5.25. The first-order valence-electron chi connectivity index (χ1n) is 7.37. The summed E-state index contributed by atoms with van der Waals surface area (Å²) in [6, 6.07) is 0.341. The van der Waals surface area contributed by atoms with Gasteiger partial charge in [0, 0.05) is 26.2 Å². The van der Waals surface area contributed by atoms with Crippen LogP contribution in [0.5, 0.6) is 0 Å². The average molecular weight is 272 g/mol. The third kappa shape index (κ3) is 7.50. The Labute approximate surface area is 116 Å². The lowest BCUT2D eigenvalue weighted by Gasteiger charge is -2.22. The van der Waals surface area contributed by atoms with E-state index in [4.69, 9.17) is 9.84 Å². The van der Waals surface area contributed by atoms with E-state index >= 15 is 0 Å². The molecule has 0 saturated heterocycles. The van der Waals surface area contributed by atoms with Gasteiger partial charge in [-0.3, -0.25) is 9.69 Å². The first-order chi connectivity index (χ1) is 9.26. The van der Waals surface area contributed by atoms with Crippen LogP contribution >= 0.6 is 0 Å². The zero-order valence-electron chi connectivity index (χ0n) is 12.1. The molecule has 1 aliphatic carbocycles. The van der Waals surface area contributed by atoms with Gasteiger partial charge >= 0.3 is 0 Å². The van der Waals surface area contributed by atoms with Crippen molar-refractivity contribution >= 4 is 5.91 Å². The van der Waals surface area contributed by atoms with E-state index in [0.717, 1.165) is 12.8 Å². The lowest BCUT2D eigenvalue weighted by Crippen LogP contribution is -2.43. The molecule has 0 aromatic carbocycles. The molecule has 1 amide bonds. The summed E-state index contributed by atoms with van der Waals surface area (Å²) in [4.78, 5) is 13.9. The highest BCUT2D eigenvalue weighted by Crippen LogP contribution is 2.17. The third-order valence-electron chi connectivity index (χ3n) is 3.62. The molecule has 1 aliphatic rings. The van der Waals surface area contributed by atoms with Crippen LogP contribution < -0.4 is 5.32 Å². The van der Waals surface area contributed by atoms with Gasteiger partial charge in [-0.25, -0.2) is 0 Å². The number of nitrogens with zero attached hydrogens (tertiary/aromatic N) is 1. The molecular weight excluding hydrogens is 244 g/mol. The van der Waals surface area contributed by atoms with Crippen molar-refractivity contribution in [2.24, 2.45) is 0 Å². The predicted octanol–water partition coefficient (Wildman–Crippen LogP) is 0.766. The molecule has 0 radical (unpaired) electrons. The molecule has 5 nitrogen and oxygen atoms in total. The number of nitrogens with one attached hydrogen (secondary N) is 1. The van der Waals surface area contributed by atoms with E-state index in [0.29, 0.717) is 32.3 Å². The van der Waals surface area contributed by atoms with Crippen molar-refractivity contribution in [2.45, 2.75) is 44.6 Å². The van der Waals surface area contributed by atoms with E-state index < -0.39 is 0 Å². The highest BCUT2D eigenvalue weighted by molar-refractivity contribution is 5.78. The molecule has 0 unspecified atom stereocenters. The Bertz CT molecular complexity index is 241. The number of methoxy groups -OCH3 is 1. The fourth-order valence-corrected chi connectivity index (χ4v) is 2.53. The van der Waals surface area contributed by atoms with Crippen LogP contribution in [0.2, 0.25) is 0 Å². The van der Waals surface area contributed by atoms with Gasteiger partial charge in [0.05, 0.1) is 19.8 Å². The zero-order chi connectivity index (χ0) is 13.9. The number of hydrogen-bond acceptors (Lipinski definition) is 4. The van der Waals surface area contributed by atoms with E-state index in [-0.39, 0.29) is 12.5 Å². The van der Waals surface area contributed by atoms with E-state index in [1.54, 1.807) is 7.11 Å². The number of rotatable bonds is 8. The van der Waals surface area contributed by atoms with E-state index in [1.165, 1.54) is 25.7 Å². The highest BCUT2D eigenvalue weighted by atomic mass is 16.5. The SMILES string of the molecule is COCCN(CCO)CC(=O)NC1CCCCCC1. The van der Waals surface area contributed by atoms with E-state index in [2.05, 4.69) is 5.32 Å². The van der Waals surface area contributed by atoms with Crippen LogP contribution in [0.1, 0.15) is 38.5 Å². The molecule has 112 valence electrons. The second kappa shape index (κ2) is 10.2. The van der Waals surface area contributed by atoms with Crippen LogP contribution in [0, 0.1) is 0 Å². The van der Waals surface area contributed by atoms with Crippen molar-refractivity contribution in [3.8, 4) is 0 Å². The zero-order valence-corrected chi connectivity index (χ0v) is 12.1. The highest BCUT2D eigenvalue weighted by Gasteiger charge is 2.16. The fourth-order valence-electron chi connectivity index (χ4n) is 2.53. The largest absolute Gasteiger partial charge is 0.395 e. The molecule has 0 heterocycles. The number of ether oxygens (including phenoxy) is 1. The number of carbonyl (C=O) groups is 1. The van der Waals surface area contributed by atoms with Gasteiger partial charge in [-0.05, 0) is 12.8 Å². The number of amides is 1. The predicted molar refractivity (Wildman–Crippen MR) is 75.0 cm³/mol. The van der Waals surface area contributed by atoms with Crippen molar-refractivity contribution in [1.82, 2.24) is 10.2 Å². The Morgan fingerprint density at radius 1 is 1.26 bits per heavy atom. The van der Waals surface area contributed by atoms with Crippen molar-refractivity contribution in [2.75, 3.05) is 40.0 Å². The minimum Gasteiger partial charge on any atom is -0.395 e. The Morgan fingerprint density at radius 2 is 1.95 bits per heavy atom. The van der Waals surface area contributed by atoms with Gasteiger partial charge in [0.1, 0.15) is 0 Å². The van der Waals surface area contributed by atoms with Gasteiger partial charge in [0.2, 0.25) is 5.91 Å². The van der Waals surface area contributed by atoms with Gasteiger partial charge in [-0.1, -0.05) is 25.7 Å². The number of aliphatic hydroxyl groups is 1. The van der Waals surface area contributed by atoms with Gasteiger partial charge in [-0.15, -0.1) is 0 Å². The quantitative estimate of drug-likeness (QED) is 0.641. The normalized spacial score (nSPS) is 17.4.